The third-order valence-corrected chi connectivity index (χ3v) is 19.2. The molecule has 89 heavy (non-hydrogen) atoms. The van der Waals surface area contributed by atoms with Gasteiger partial charge in [-0.1, -0.05) is 283 Å². The fraction of sp³-hybridized carbons (Fsp3) is 0.151. The van der Waals surface area contributed by atoms with Crippen LogP contribution in [0.25, 0.3) is 0 Å². The van der Waals surface area contributed by atoms with Crippen LogP contribution in [0, 0.1) is 0 Å². The molecule has 3 N–H and O–H groups in total. The Morgan fingerprint density at radius 2 is 1.16 bits per heavy atom. The standard InChI is InChI=1S/C73H62ClN7O5S3/c1-75-47-48-87-49-58-60(43-26-46-76-58)88-61-45-44-59-62(69(83)81(59)65(61)70(84)85-66(50-27-10-2-11-28-50)51-29-12-3-13-30-51)77-68(82)64(80-86-73(55-37-20-7-21-38-55,56-39-22-8-23-40-56)57-41-24-9-25-42-57)63-67(74)89-71(78-63)79-72(52-31-14-4-15-32-52,53-33-16-5-17-34-53)54-35-18-6-19-36-54/h2-43,46,59,62,66,75H,44-45,47-49H2,1H3,(H,77,82)(H,78,79)/t59-,62+/m1/s1. The minimum absolute atomic E-state index is 0.0159. The summed E-state index contributed by atoms with van der Waals surface area (Å²) < 4.78 is 6.72. The van der Waals surface area contributed by atoms with Crippen LogP contribution in [0.15, 0.2) is 282 Å². The molecule has 0 unspecified atom stereocenters. The number of ether oxygens (including phenoxy) is 1. The number of thiazole rings is 1. The van der Waals surface area contributed by atoms with Gasteiger partial charge in [0.05, 0.1) is 11.7 Å². The predicted octanol–water partition coefficient (Wildman–Crippen LogP) is 14.6. The highest BCUT2D eigenvalue weighted by molar-refractivity contribution is 8.03. The quantitative estimate of drug-likeness (QED) is 0.0133. The highest BCUT2D eigenvalue weighted by atomic mass is 35.5. The Labute approximate surface area is 535 Å². The van der Waals surface area contributed by atoms with Gasteiger partial charge in [0.1, 0.15) is 27.3 Å². The maximum absolute atomic E-state index is 15.8. The van der Waals surface area contributed by atoms with Crippen molar-refractivity contribution in [3.8, 4) is 0 Å². The summed E-state index contributed by atoms with van der Waals surface area (Å²) in [5, 5.41) is 15.4. The number of β-lactam (4-membered cyclic amide) rings is 1. The fourth-order valence-electron chi connectivity index (χ4n) is 11.6. The summed E-state index contributed by atoms with van der Waals surface area (Å²) in [6, 6.07) is 80.5. The first-order valence-electron chi connectivity index (χ1n) is 29.3. The van der Waals surface area contributed by atoms with Crippen LogP contribution in [0.1, 0.15) is 74.8 Å². The van der Waals surface area contributed by atoms with Gasteiger partial charge in [0, 0.05) is 50.7 Å². The number of nitrogens with one attached hydrogen (secondary N) is 3. The van der Waals surface area contributed by atoms with Gasteiger partial charge in [-0.2, -0.15) is 11.8 Å². The van der Waals surface area contributed by atoms with E-state index in [1.54, 1.807) is 18.0 Å². The number of thioether (sulfide) groups is 2. The van der Waals surface area contributed by atoms with Gasteiger partial charge >= 0.3 is 5.97 Å². The molecule has 2 aromatic heterocycles. The Morgan fingerprint density at radius 3 is 1.65 bits per heavy atom. The lowest BCUT2D eigenvalue weighted by Crippen LogP contribution is -2.72. The number of allylic oxidation sites excluding steroid dienone is 1. The summed E-state index contributed by atoms with van der Waals surface area (Å²) >= 11 is 11.8. The number of fused-ring (bicyclic) bond motifs is 1. The van der Waals surface area contributed by atoms with Gasteiger partial charge in [0.15, 0.2) is 16.9 Å². The van der Waals surface area contributed by atoms with E-state index < -0.39 is 47.1 Å². The number of nitrogens with zero attached hydrogens (tertiary/aromatic N) is 4. The van der Waals surface area contributed by atoms with E-state index in [9.17, 15) is 0 Å². The van der Waals surface area contributed by atoms with Crippen molar-refractivity contribution < 1.29 is 24.0 Å². The number of rotatable bonds is 24. The molecule has 12 nitrogen and oxygen atoms in total. The smallest absolute Gasteiger partial charge is 0.356 e. The molecule has 2 atom stereocenters. The van der Waals surface area contributed by atoms with Crippen molar-refractivity contribution in [2.45, 2.75) is 52.8 Å². The zero-order valence-corrected chi connectivity index (χ0v) is 51.7. The normalized spacial score (nSPS) is 15.0. The van der Waals surface area contributed by atoms with Crippen molar-refractivity contribution in [2.75, 3.05) is 24.7 Å². The van der Waals surface area contributed by atoms with Gasteiger partial charge < -0.3 is 25.5 Å². The van der Waals surface area contributed by atoms with Crippen molar-refractivity contribution in [2.24, 2.45) is 5.16 Å². The molecule has 0 spiro atoms. The molecule has 2 aliphatic heterocycles. The highest BCUT2D eigenvalue weighted by Crippen LogP contribution is 2.47. The SMILES string of the molecule is CNCCSCc1ncccc1SC1=C(C(=O)OC(c2ccccc2)c2ccccc2)N2C(=O)[C@@H](NC(=O)C(=NOC(c3ccccc3)(c3ccccc3)c3ccccc3)c3nc(NC(c4ccccc4)(c4ccccc4)c4ccccc4)sc3Cl)[C@H]2CC1. The lowest BCUT2D eigenvalue weighted by Gasteiger charge is -2.50. The van der Waals surface area contributed by atoms with Crippen LogP contribution in [0.5, 0.6) is 0 Å². The molecule has 12 rings (SSSR count). The average molecular weight is 1250 g/mol. The molecule has 0 saturated carbocycles. The van der Waals surface area contributed by atoms with E-state index >= 15 is 14.4 Å². The van der Waals surface area contributed by atoms with E-state index in [1.165, 1.54) is 16.7 Å². The zero-order chi connectivity index (χ0) is 61.0. The lowest BCUT2D eigenvalue weighted by molar-refractivity contribution is -0.158. The number of carbonyl (C=O) groups is 3. The Hall–Kier alpha value is -9.09. The number of halogens is 1. The molecule has 1 fully saturated rings. The first kappa shape index (κ1) is 60.2. The second-order valence-electron chi connectivity index (χ2n) is 21.3. The number of hydrogen-bond acceptors (Lipinski definition) is 13. The van der Waals surface area contributed by atoms with Crippen molar-refractivity contribution >= 4 is 75.1 Å². The number of pyridine rings is 1. The van der Waals surface area contributed by atoms with Gasteiger partial charge in [0.2, 0.25) is 5.60 Å². The number of anilines is 1. The molecule has 16 heteroatoms. The Morgan fingerprint density at radius 1 is 0.674 bits per heavy atom. The van der Waals surface area contributed by atoms with Crippen molar-refractivity contribution in [1.29, 1.82) is 0 Å². The molecule has 0 radical (unpaired) electrons. The Balaban J connectivity index is 0.950. The fourth-order valence-corrected chi connectivity index (χ4v) is 14.9. The van der Waals surface area contributed by atoms with Gasteiger partial charge in [-0.25, -0.2) is 9.78 Å². The number of aromatic nitrogens is 2. The number of amides is 2. The molecular formula is C73H62ClN7O5S3. The minimum atomic E-state index is -1.43. The summed E-state index contributed by atoms with van der Waals surface area (Å²) in [5.41, 5.74) is 4.75. The number of hydrogen-bond donors (Lipinski definition) is 3. The van der Waals surface area contributed by atoms with Gasteiger partial charge in [-0.15, -0.1) is 0 Å². The Kier molecular flexibility index (Phi) is 18.9. The number of carbonyl (C=O) groups excluding carboxylic acids is 3. The van der Waals surface area contributed by atoms with E-state index in [0.717, 1.165) is 78.7 Å². The molecule has 0 bridgehead atoms. The predicted molar refractivity (Wildman–Crippen MR) is 357 cm³/mol. The Bertz CT molecular complexity index is 3870. The third-order valence-electron chi connectivity index (χ3n) is 15.9. The van der Waals surface area contributed by atoms with E-state index in [2.05, 4.69) is 52.3 Å². The van der Waals surface area contributed by atoms with Crippen LogP contribution in [0.3, 0.4) is 0 Å². The molecule has 8 aromatic carbocycles. The van der Waals surface area contributed by atoms with Gasteiger partial charge in [0.25, 0.3) is 11.8 Å². The van der Waals surface area contributed by atoms with Crippen molar-refractivity contribution in [3.63, 3.8) is 0 Å². The topological polar surface area (TPSA) is 147 Å². The molecule has 1 saturated heterocycles. The van der Waals surface area contributed by atoms with Crippen LogP contribution in [-0.4, -0.2) is 69.8 Å². The highest BCUT2D eigenvalue weighted by Gasteiger charge is 2.55. The molecule has 4 heterocycles. The third kappa shape index (κ3) is 12.7. The summed E-state index contributed by atoms with van der Waals surface area (Å²) in [7, 11) is 1.93. The van der Waals surface area contributed by atoms with Crippen LogP contribution in [0.2, 0.25) is 4.34 Å². The van der Waals surface area contributed by atoms with E-state index in [4.69, 9.17) is 36.3 Å². The summed E-state index contributed by atoms with van der Waals surface area (Å²) in [5.74, 6) is -0.431. The number of esters is 1. The van der Waals surface area contributed by atoms with E-state index in [-0.39, 0.29) is 21.4 Å². The molecule has 0 aliphatic carbocycles. The maximum atomic E-state index is 15.8. The first-order chi connectivity index (χ1) is 43.8. The second-order valence-corrected chi connectivity index (χ2v) is 25.1. The number of benzene rings is 8. The second kappa shape index (κ2) is 27.9. The van der Waals surface area contributed by atoms with Gasteiger partial charge in [-0.3, -0.25) is 19.5 Å². The molecule has 444 valence electrons. The summed E-state index contributed by atoms with van der Waals surface area (Å²) in [6.07, 6.45) is 1.75. The van der Waals surface area contributed by atoms with E-state index in [1.807, 2.05) is 225 Å². The summed E-state index contributed by atoms with van der Waals surface area (Å²) in [4.78, 5) is 66.5. The monoisotopic (exact) mass is 1250 g/mol. The van der Waals surface area contributed by atoms with Crippen LogP contribution >= 0.6 is 46.5 Å². The molecule has 2 amide bonds. The summed E-state index contributed by atoms with van der Waals surface area (Å²) in [6.45, 7) is 0.839. The minimum Gasteiger partial charge on any atom is -0.448 e. The molecule has 2 aliphatic rings. The van der Waals surface area contributed by atoms with Crippen molar-refractivity contribution in [1.82, 2.24) is 25.5 Å². The zero-order valence-electron chi connectivity index (χ0n) is 48.5. The maximum Gasteiger partial charge on any atom is 0.356 e. The largest absolute Gasteiger partial charge is 0.448 e. The molecular weight excluding hydrogens is 1190 g/mol. The first-order valence-corrected chi connectivity index (χ1v) is 32.5. The van der Waals surface area contributed by atoms with Crippen LogP contribution in [-0.2, 0) is 40.9 Å². The van der Waals surface area contributed by atoms with Gasteiger partial charge in [-0.05, 0) is 59.8 Å². The lowest BCUT2D eigenvalue weighted by atomic mass is 9.77. The van der Waals surface area contributed by atoms with E-state index in [0.29, 0.717) is 28.6 Å². The van der Waals surface area contributed by atoms with Crippen LogP contribution < -0.4 is 16.0 Å². The molecule has 10 aromatic rings. The van der Waals surface area contributed by atoms with Crippen molar-refractivity contribution in [3.05, 3.63) is 332 Å². The number of oxime groups is 1. The average Bonchev–Trinajstić information content (AvgIpc) is 1.07. The van der Waals surface area contributed by atoms with Crippen LogP contribution in [0.4, 0.5) is 5.13 Å².